The second-order valence-corrected chi connectivity index (χ2v) is 6.50. The van der Waals surface area contributed by atoms with Crippen molar-refractivity contribution < 1.29 is 19.8 Å². The average molecular weight is 422 g/mol. The Bertz CT molecular complexity index is 960. The number of imidazole rings is 1. The van der Waals surface area contributed by atoms with Gasteiger partial charge in [0.25, 0.3) is 0 Å². The van der Waals surface area contributed by atoms with Crippen LogP contribution in [0.4, 0.5) is 5.95 Å². The fourth-order valence-corrected chi connectivity index (χ4v) is 2.59. The minimum atomic E-state index is -1.82. The molecule has 1 aromatic heterocycles. The Kier molecular flexibility index (Phi) is 7.43. The SMILES string of the molecule is Cn1c(-c2cccc(Cl)c2)cnc1NCc1ccc(Cl)cc1.O=C(O)C(=O)O. The van der Waals surface area contributed by atoms with Crippen LogP contribution in [0.15, 0.2) is 54.7 Å². The van der Waals surface area contributed by atoms with E-state index in [1.807, 2.05) is 66.3 Å². The van der Waals surface area contributed by atoms with Gasteiger partial charge in [-0.05, 0) is 29.8 Å². The second kappa shape index (κ2) is 9.77. The first-order valence-electron chi connectivity index (χ1n) is 8.00. The molecule has 1 heterocycles. The van der Waals surface area contributed by atoms with E-state index >= 15 is 0 Å². The van der Waals surface area contributed by atoms with Crippen LogP contribution in [-0.2, 0) is 23.2 Å². The molecule has 0 fully saturated rings. The summed E-state index contributed by atoms with van der Waals surface area (Å²) in [6.45, 7) is 0.691. The summed E-state index contributed by atoms with van der Waals surface area (Å²) in [6.07, 6.45) is 1.84. The zero-order chi connectivity index (χ0) is 20.7. The van der Waals surface area contributed by atoms with Crippen molar-refractivity contribution in [3.05, 3.63) is 70.3 Å². The van der Waals surface area contributed by atoms with Crippen LogP contribution in [0.25, 0.3) is 11.3 Å². The minimum absolute atomic E-state index is 0.691. The number of anilines is 1. The highest BCUT2D eigenvalue weighted by atomic mass is 35.5. The number of benzene rings is 2. The van der Waals surface area contributed by atoms with E-state index in [2.05, 4.69) is 10.3 Å². The van der Waals surface area contributed by atoms with Gasteiger partial charge in [-0.1, -0.05) is 47.5 Å². The van der Waals surface area contributed by atoms with Gasteiger partial charge in [0.05, 0.1) is 11.9 Å². The first kappa shape index (κ1) is 21.3. The fraction of sp³-hybridized carbons (Fsp3) is 0.105. The number of hydrogen-bond donors (Lipinski definition) is 3. The molecule has 2 aromatic carbocycles. The summed E-state index contributed by atoms with van der Waals surface area (Å²) in [4.78, 5) is 22.6. The molecule has 0 bridgehead atoms. The maximum Gasteiger partial charge on any atom is 0.414 e. The number of carboxylic acid groups (broad SMARTS) is 2. The van der Waals surface area contributed by atoms with E-state index in [4.69, 9.17) is 43.0 Å². The van der Waals surface area contributed by atoms with Crippen LogP contribution in [-0.4, -0.2) is 31.7 Å². The molecule has 0 saturated carbocycles. The largest absolute Gasteiger partial charge is 0.473 e. The molecule has 0 amide bonds. The lowest BCUT2D eigenvalue weighted by Gasteiger charge is -2.09. The van der Waals surface area contributed by atoms with E-state index in [0.29, 0.717) is 6.54 Å². The smallest absolute Gasteiger partial charge is 0.414 e. The fourth-order valence-electron chi connectivity index (χ4n) is 2.27. The van der Waals surface area contributed by atoms with Gasteiger partial charge in [-0.15, -0.1) is 0 Å². The third kappa shape index (κ3) is 6.00. The number of aliphatic carboxylic acids is 2. The summed E-state index contributed by atoms with van der Waals surface area (Å²) >= 11 is 11.9. The molecule has 0 saturated heterocycles. The predicted molar refractivity (Wildman–Crippen MR) is 108 cm³/mol. The van der Waals surface area contributed by atoms with Crippen LogP contribution >= 0.6 is 23.2 Å². The summed E-state index contributed by atoms with van der Waals surface area (Å²) in [5.74, 6) is -2.84. The molecule has 0 aliphatic carbocycles. The van der Waals surface area contributed by atoms with Gasteiger partial charge in [-0.2, -0.15) is 0 Å². The van der Waals surface area contributed by atoms with E-state index in [-0.39, 0.29) is 0 Å². The van der Waals surface area contributed by atoms with Crippen LogP contribution in [0.2, 0.25) is 10.0 Å². The first-order chi connectivity index (χ1) is 13.3. The van der Waals surface area contributed by atoms with Gasteiger partial charge in [0, 0.05) is 29.2 Å². The van der Waals surface area contributed by atoms with Crippen LogP contribution in [0.1, 0.15) is 5.56 Å². The molecule has 0 atom stereocenters. The molecular formula is C19H17Cl2N3O4. The highest BCUT2D eigenvalue weighted by Crippen LogP contribution is 2.24. The van der Waals surface area contributed by atoms with E-state index < -0.39 is 11.9 Å². The maximum absolute atomic E-state index is 9.10. The Morgan fingerprint density at radius 1 is 1.04 bits per heavy atom. The summed E-state index contributed by atoms with van der Waals surface area (Å²) in [7, 11) is 1.98. The molecule has 0 spiro atoms. The molecule has 146 valence electrons. The molecule has 0 unspecified atom stereocenters. The van der Waals surface area contributed by atoms with Gasteiger partial charge in [0.1, 0.15) is 0 Å². The van der Waals surface area contributed by atoms with Crippen LogP contribution < -0.4 is 5.32 Å². The summed E-state index contributed by atoms with van der Waals surface area (Å²) in [6, 6.07) is 15.5. The molecule has 28 heavy (non-hydrogen) atoms. The molecule has 9 heteroatoms. The maximum atomic E-state index is 9.10. The Morgan fingerprint density at radius 3 is 2.25 bits per heavy atom. The average Bonchev–Trinajstić information content (AvgIpc) is 3.02. The molecular weight excluding hydrogens is 405 g/mol. The van der Waals surface area contributed by atoms with Gasteiger partial charge < -0.3 is 20.1 Å². The van der Waals surface area contributed by atoms with Crippen LogP contribution in [0.5, 0.6) is 0 Å². The van der Waals surface area contributed by atoms with Crippen molar-refractivity contribution in [2.24, 2.45) is 7.05 Å². The van der Waals surface area contributed by atoms with E-state index in [1.165, 1.54) is 0 Å². The summed E-state index contributed by atoms with van der Waals surface area (Å²) < 4.78 is 2.02. The van der Waals surface area contributed by atoms with Crippen molar-refractivity contribution in [1.82, 2.24) is 9.55 Å². The molecule has 7 nitrogen and oxygen atoms in total. The number of aromatic nitrogens is 2. The molecule has 0 aliphatic rings. The number of nitrogens with zero attached hydrogens (tertiary/aromatic N) is 2. The molecule has 3 aromatic rings. The monoisotopic (exact) mass is 421 g/mol. The number of rotatable bonds is 4. The Morgan fingerprint density at radius 2 is 1.68 bits per heavy atom. The third-order valence-corrected chi connectivity index (χ3v) is 4.14. The van der Waals surface area contributed by atoms with Crippen molar-refractivity contribution >= 4 is 41.1 Å². The Balaban J connectivity index is 0.000000409. The van der Waals surface area contributed by atoms with Crippen molar-refractivity contribution in [3.8, 4) is 11.3 Å². The van der Waals surface area contributed by atoms with Gasteiger partial charge in [-0.3, -0.25) is 0 Å². The lowest BCUT2D eigenvalue weighted by Crippen LogP contribution is -2.09. The Hall–Kier alpha value is -3.03. The lowest BCUT2D eigenvalue weighted by atomic mass is 10.2. The van der Waals surface area contributed by atoms with Crippen molar-refractivity contribution in [2.45, 2.75) is 6.54 Å². The molecule has 3 N–H and O–H groups in total. The standard InChI is InChI=1S/C17H15Cl2N3.C2H2O4/c1-22-16(13-3-2-4-15(19)9-13)11-21-17(22)20-10-12-5-7-14(18)8-6-12;3-1(4)2(5)6/h2-9,11H,10H2,1H3,(H,20,21);(H,3,4)(H,5,6). The predicted octanol–water partition coefficient (Wildman–Crippen LogP) is 4.16. The van der Waals surface area contributed by atoms with E-state index in [1.54, 1.807) is 0 Å². The third-order valence-electron chi connectivity index (χ3n) is 3.66. The summed E-state index contributed by atoms with van der Waals surface area (Å²) in [5.41, 5.74) is 3.21. The molecule has 0 aliphatic heterocycles. The van der Waals surface area contributed by atoms with Gasteiger partial charge >= 0.3 is 11.9 Å². The zero-order valence-corrected chi connectivity index (χ0v) is 16.3. The van der Waals surface area contributed by atoms with Crippen molar-refractivity contribution in [3.63, 3.8) is 0 Å². The van der Waals surface area contributed by atoms with Crippen molar-refractivity contribution in [1.29, 1.82) is 0 Å². The molecule has 0 radical (unpaired) electrons. The molecule has 3 rings (SSSR count). The van der Waals surface area contributed by atoms with Crippen LogP contribution in [0, 0.1) is 0 Å². The number of carbonyl (C=O) groups is 2. The highest BCUT2D eigenvalue weighted by Gasteiger charge is 2.08. The van der Waals surface area contributed by atoms with Crippen LogP contribution in [0.3, 0.4) is 0 Å². The number of halogens is 2. The van der Waals surface area contributed by atoms with Gasteiger partial charge in [-0.25, -0.2) is 14.6 Å². The summed E-state index contributed by atoms with van der Waals surface area (Å²) in [5, 5.41) is 19.6. The number of carboxylic acids is 2. The second-order valence-electron chi connectivity index (χ2n) is 5.63. The van der Waals surface area contributed by atoms with Gasteiger partial charge in [0.2, 0.25) is 5.95 Å². The van der Waals surface area contributed by atoms with Crippen molar-refractivity contribution in [2.75, 3.05) is 5.32 Å². The first-order valence-corrected chi connectivity index (χ1v) is 8.75. The van der Waals surface area contributed by atoms with Gasteiger partial charge in [0.15, 0.2) is 0 Å². The Labute approximate surface area is 171 Å². The topological polar surface area (TPSA) is 104 Å². The normalized spacial score (nSPS) is 9.96. The lowest BCUT2D eigenvalue weighted by molar-refractivity contribution is -0.159. The zero-order valence-electron chi connectivity index (χ0n) is 14.8. The van der Waals surface area contributed by atoms with E-state index in [9.17, 15) is 0 Å². The quantitative estimate of drug-likeness (QED) is 0.546. The number of hydrogen-bond acceptors (Lipinski definition) is 4. The highest BCUT2D eigenvalue weighted by molar-refractivity contribution is 6.31. The van der Waals surface area contributed by atoms with E-state index in [0.717, 1.165) is 32.8 Å². The minimum Gasteiger partial charge on any atom is -0.473 e. The number of nitrogens with one attached hydrogen (secondary N) is 1.